The third-order valence-corrected chi connectivity index (χ3v) is 4.39. The molecule has 1 aliphatic heterocycles. The number of nitrogens with zero attached hydrogens (tertiary/aromatic N) is 1. The van der Waals surface area contributed by atoms with Crippen LogP contribution in [0.5, 0.6) is 0 Å². The van der Waals surface area contributed by atoms with Gasteiger partial charge in [0.1, 0.15) is 0 Å². The summed E-state index contributed by atoms with van der Waals surface area (Å²) < 4.78 is 6.38. The van der Waals surface area contributed by atoms with Crippen LogP contribution in [0.15, 0.2) is 22.7 Å². The maximum atomic E-state index is 10.6. The average Bonchev–Trinajstić information content (AvgIpc) is 2.39. The van der Waals surface area contributed by atoms with Crippen molar-refractivity contribution in [1.29, 1.82) is 0 Å². The summed E-state index contributed by atoms with van der Waals surface area (Å²) in [6.45, 7) is 2.77. The summed E-state index contributed by atoms with van der Waals surface area (Å²) in [6.07, 6.45) is 1.40. The Balaban J connectivity index is 2.06. The monoisotopic (exact) mass is 342 g/mol. The van der Waals surface area contributed by atoms with Gasteiger partial charge in [-0.3, -0.25) is 0 Å². The van der Waals surface area contributed by atoms with Gasteiger partial charge in [-0.1, -0.05) is 6.07 Å². The van der Waals surface area contributed by atoms with E-state index in [9.17, 15) is 5.11 Å². The molecule has 1 aliphatic rings. The summed E-state index contributed by atoms with van der Waals surface area (Å²) in [6, 6.07) is 6.33. The zero-order chi connectivity index (χ0) is 14.6. The van der Waals surface area contributed by atoms with E-state index in [4.69, 9.17) is 4.74 Å². The number of aliphatic hydroxyl groups is 1. The number of hydrogen-bond donors (Lipinski definition) is 2. The van der Waals surface area contributed by atoms with Crippen molar-refractivity contribution in [3.8, 4) is 0 Å². The summed E-state index contributed by atoms with van der Waals surface area (Å²) in [4.78, 5) is 2.11. The molecule has 0 atom stereocenters. The van der Waals surface area contributed by atoms with Gasteiger partial charge >= 0.3 is 0 Å². The lowest BCUT2D eigenvalue weighted by Crippen LogP contribution is -2.45. The van der Waals surface area contributed by atoms with Crippen LogP contribution < -0.4 is 10.2 Å². The van der Waals surface area contributed by atoms with Crippen LogP contribution in [0, 0.1) is 0 Å². The van der Waals surface area contributed by atoms with Gasteiger partial charge in [-0.2, -0.15) is 0 Å². The molecule has 0 bridgehead atoms. The lowest BCUT2D eigenvalue weighted by molar-refractivity contribution is -0.0572. The first-order valence-electron chi connectivity index (χ1n) is 6.98. The Morgan fingerprint density at radius 1 is 1.40 bits per heavy atom. The van der Waals surface area contributed by atoms with Crippen molar-refractivity contribution in [2.45, 2.75) is 25.0 Å². The molecule has 1 heterocycles. The topological polar surface area (TPSA) is 44.7 Å². The molecule has 5 heteroatoms. The van der Waals surface area contributed by atoms with E-state index in [0.29, 0.717) is 32.6 Å². The molecule has 2 rings (SSSR count). The molecule has 0 aromatic heterocycles. The highest BCUT2D eigenvalue weighted by atomic mass is 79.9. The molecule has 0 radical (unpaired) electrons. The number of anilines is 1. The fourth-order valence-corrected chi connectivity index (χ4v) is 3.34. The molecule has 1 saturated heterocycles. The Bertz CT molecular complexity index is 447. The maximum absolute atomic E-state index is 10.6. The lowest BCUT2D eigenvalue weighted by Gasteiger charge is -2.36. The van der Waals surface area contributed by atoms with E-state index in [1.807, 2.05) is 14.1 Å². The highest BCUT2D eigenvalue weighted by Gasteiger charge is 2.31. The van der Waals surface area contributed by atoms with Gasteiger partial charge in [0, 0.05) is 50.7 Å². The van der Waals surface area contributed by atoms with Gasteiger partial charge < -0.3 is 20.1 Å². The predicted octanol–water partition coefficient (Wildman–Crippen LogP) is 2.15. The number of benzene rings is 1. The summed E-state index contributed by atoms with van der Waals surface area (Å²) in [5.74, 6) is 0. The number of ether oxygens (including phenoxy) is 1. The number of likely N-dealkylation sites (N-methyl/N-ethyl adjacent to an activating group) is 1. The molecule has 0 amide bonds. The van der Waals surface area contributed by atoms with Crippen LogP contribution in [0.1, 0.15) is 18.4 Å². The largest absolute Gasteiger partial charge is 0.388 e. The Hall–Kier alpha value is -0.620. The minimum atomic E-state index is -0.643. The van der Waals surface area contributed by atoms with Gasteiger partial charge in [0.15, 0.2) is 0 Å². The molecule has 0 aliphatic carbocycles. The molecule has 20 heavy (non-hydrogen) atoms. The fourth-order valence-electron chi connectivity index (χ4n) is 2.61. The van der Waals surface area contributed by atoms with Crippen LogP contribution in [0.3, 0.4) is 0 Å². The van der Waals surface area contributed by atoms with Gasteiger partial charge in [-0.15, -0.1) is 0 Å². The molecular formula is C15H23BrN2O2. The van der Waals surface area contributed by atoms with E-state index in [-0.39, 0.29) is 0 Å². The van der Waals surface area contributed by atoms with Crippen molar-refractivity contribution in [1.82, 2.24) is 5.32 Å². The van der Waals surface area contributed by atoms with Crippen molar-refractivity contribution in [3.05, 3.63) is 28.2 Å². The second-order valence-corrected chi connectivity index (χ2v) is 6.36. The zero-order valence-electron chi connectivity index (χ0n) is 12.2. The predicted molar refractivity (Wildman–Crippen MR) is 85.2 cm³/mol. The van der Waals surface area contributed by atoms with Crippen molar-refractivity contribution >= 4 is 21.6 Å². The van der Waals surface area contributed by atoms with E-state index >= 15 is 0 Å². The summed E-state index contributed by atoms with van der Waals surface area (Å²) in [5.41, 5.74) is 1.70. The first-order valence-corrected chi connectivity index (χ1v) is 7.78. The molecule has 1 aromatic rings. The van der Waals surface area contributed by atoms with E-state index in [0.717, 1.165) is 16.7 Å². The van der Waals surface area contributed by atoms with Crippen LogP contribution in [0.4, 0.5) is 5.69 Å². The quantitative estimate of drug-likeness (QED) is 0.860. The van der Waals surface area contributed by atoms with Gasteiger partial charge in [0.25, 0.3) is 0 Å². The van der Waals surface area contributed by atoms with E-state index in [2.05, 4.69) is 44.3 Å². The summed E-state index contributed by atoms with van der Waals surface area (Å²) >= 11 is 3.62. The SMILES string of the molecule is CNCc1ccc(N(C)CC2(O)CCOCC2)c(Br)c1. The van der Waals surface area contributed by atoms with Crippen LogP contribution in [-0.4, -0.2) is 44.6 Å². The first kappa shape index (κ1) is 15.8. The van der Waals surface area contributed by atoms with E-state index in [1.165, 1.54) is 5.56 Å². The van der Waals surface area contributed by atoms with E-state index < -0.39 is 5.60 Å². The van der Waals surface area contributed by atoms with Gasteiger partial charge in [-0.25, -0.2) is 0 Å². The van der Waals surface area contributed by atoms with Crippen LogP contribution in [0.2, 0.25) is 0 Å². The van der Waals surface area contributed by atoms with Crippen molar-refractivity contribution < 1.29 is 9.84 Å². The van der Waals surface area contributed by atoms with Crippen LogP contribution >= 0.6 is 15.9 Å². The molecule has 112 valence electrons. The molecule has 0 unspecified atom stereocenters. The molecule has 0 spiro atoms. The smallest absolute Gasteiger partial charge is 0.0865 e. The second-order valence-electron chi connectivity index (χ2n) is 5.51. The number of hydrogen-bond acceptors (Lipinski definition) is 4. The second kappa shape index (κ2) is 6.89. The molecule has 1 aromatic carbocycles. The van der Waals surface area contributed by atoms with Crippen molar-refractivity contribution in [3.63, 3.8) is 0 Å². The summed E-state index contributed by atoms with van der Waals surface area (Å²) in [5, 5.41) is 13.7. The molecular weight excluding hydrogens is 320 g/mol. The van der Waals surface area contributed by atoms with Gasteiger partial charge in [0.05, 0.1) is 11.3 Å². The average molecular weight is 343 g/mol. The number of rotatable bonds is 5. The standard InChI is InChI=1S/C15H23BrN2O2/c1-17-10-12-3-4-14(13(16)9-12)18(2)11-15(19)5-7-20-8-6-15/h3-4,9,17,19H,5-8,10-11H2,1-2H3. The van der Waals surface area contributed by atoms with E-state index in [1.54, 1.807) is 0 Å². The Morgan fingerprint density at radius 2 is 2.10 bits per heavy atom. The van der Waals surface area contributed by atoms with Gasteiger partial charge in [0.2, 0.25) is 0 Å². The number of nitrogens with one attached hydrogen (secondary N) is 1. The van der Waals surface area contributed by atoms with Gasteiger partial charge in [-0.05, 0) is 40.7 Å². The van der Waals surface area contributed by atoms with Crippen LogP contribution in [0.25, 0.3) is 0 Å². The highest BCUT2D eigenvalue weighted by molar-refractivity contribution is 9.10. The Labute approximate surface area is 129 Å². The zero-order valence-corrected chi connectivity index (χ0v) is 13.7. The normalized spacial score (nSPS) is 18.0. The van der Waals surface area contributed by atoms with Crippen molar-refractivity contribution in [2.24, 2.45) is 0 Å². The summed E-state index contributed by atoms with van der Waals surface area (Å²) in [7, 11) is 3.96. The maximum Gasteiger partial charge on any atom is 0.0865 e. The third-order valence-electron chi connectivity index (χ3n) is 3.76. The molecule has 2 N–H and O–H groups in total. The molecule has 1 fully saturated rings. The fraction of sp³-hybridized carbons (Fsp3) is 0.600. The van der Waals surface area contributed by atoms with Crippen LogP contribution in [-0.2, 0) is 11.3 Å². The van der Waals surface area contributed by atoms with Crippen molar-refractivity contribution in [2.75, 3.05) is 38.8 Å². The molecule has 0 saturated carbocycles. The molecule has 4 nitrogen and oxygen atoms in total. The third kappa shape index (κ3) is 3.95. The first-order chi connectivity index (χ1) is 9.54. The lowest BCUT2D eigenvalue weighted by atomic mass is 9.94. The minimum Gasteiger partial charge on any atom is -0.388 e. The minimum absolute atomic E-state index is 0.625. The highest BCUT2D eigenvalue weighted by Crippen LogP contribution is 2.29. The number of halogens is 1. The Morgan fingerprint density at radius 3 is 2.70 bits per heavy atom. The Kier molecular flexibility index (Phi) is 5.43.